The van der Waals surface area contributed by atoms with E-state index >= 15 is 0 Å². The molecular weight excluding hydrogens is 234 g/mol. The number of aliphatic hydroxyl groups excluding tert-OH is 1. The number of amidine groups is 1. The van der Waals surface area contributed by atoms with Crippen LogP contribution in [0.15, 0.2) is 17.5 Å². The number of hydrogen-bond donors (Lipinski definition) is 3. The average Bonchev–Trinajstić information content (AvgIpc) is 2.35. The van der Waals surface area contributed by atoms with E-state index < -0.39 is 0 Å². The number of oxime groups is 1. The summed E-state index contributed by atoms with van der Waals surface area (Å²) in [5.74, 6) is 0.493. The van der Waals surface area contributed by atoms with E-state index in [1.807, 2.05) is 4.90 Å². The van der Waals surface area contributed by atoms with Crippen molar-refractivity contribution in [3.8, 4) is 0 Å². The molecule has 1 aromatic heterocycles. The Kier molecular flexibility index (Phi) is 3.93. The summed E-state index contributed by atoms with van der Waals surface area (Å²) in [4.78, 5) is 10.3. The van der Waals surface area contributed by atoms with Crippen LogP contribution in [0, 0.1) is 0 Å². The lowest BCUT2D eigenvalue weighted by Crippen LogP contribution is -2.43. The van der Waals surface area contributed by atoms with Gasteiger partial charge in [-0.3, -0.25) is 0 Å². The lowest BCUT2D eigenvalue weighted by molar-refractivity contribution is 0.282. The van der Waals surface area contributed by atoms with Gasteiger partial charge in [-0.05, 0) is 19.3 Å². The summed E-state index contributed by atoms with van der Waals surface area (Å²) in [7, 11) is 0. The van der Waals surface area contributed by atoms with Gasteiger partial charge >= 0.3 is 0 Å². The minimum Gasteiger partial charge on any atom is -0.409 e. The molecule has 2 rings (SSSR count). The van der Waals surface area contributed by atoms with Crippen molar-refractivity contribution in [2.24, 2.45) is 10.9 Å². The molecule has 4 N–H and O–H groups in total. The average molecular weight is 251 g/mol. The zero-order valence-electron chi connectivity index (χ0n) is 10.0. The Morgan fingerprint density at radius 1 is 1.44 bits per heavy atom. The van der Waals surface area contributed by atoms with Crippen molar-refractivity contribution in [1.29, 1.82) is 0 Å². The number of anilines is 1. The molecule has 1 heterocycles. The van der Waals surface area contributed by atoms with Crippen LogP contribution < -0.4 is 10.6 Å². The molecule has 1 aliphatic rings. The normalized spacial score (nSPS) is 16.4. The van der Waals surface area contributed by atoms with Gasteiger partial charge in [0.2, 0.25) is 0 Å². The van der Waals surface area contributed by atoms with Crippen LogP contribution in [0.5, 0.6) is 0 Å². The molecule has 1 aliphatic carbocycles. The third kappa shape index (κ3) is 2.35. The summed E-state index contributed by atoms with van der Waals surface area (Å²) in [5, 5.41) is 20.9. The number of rotatable bonds is 5. The topological polar surface area (TPSA) is 108 Å². The summed E-state index contributed by atoms with van der Waals surface area (Å²) in [6.07, 6.45) is 6.35. The predicted molar refractivity (Wildman–Crippen MR) is 66.6 cm³/mol. The van der Waals surface area contributed by atoms with E-state index in [4.69, 9.17) is 16.0 Å². The molecule has 0 bridgehead atoms. The van der Waals surface area contributed by atoms with E-state index in [1.54, 1.807) is 6.20 Å². The molecule has 1 saturated carbocycles. The van der Waals surface area contributed by atoms with Crippen LogP contribution in [0.3, 0.4) is 0 Å². The van der Waals surface area contributed by atoms with Gasteiger partial charge in [-0.2, -0.15) is 0 Å². The molecule has 0 aromatic carbocycles. The Labute approximate surface area is 105 Å². The van der Waals surface area contributed by atoms with Crippen LogP contribution >= 0.6 is 0 Å². The molecule has 1 fully saturated rings. The van der Waals surface area contributed by atoms with Crippen LogP contribution in [0.2, 0.25) is 0 Å². The van der Waals surface area contributed by atoms with Crippen LogP contribution in [-0.2, 0) is 0 Å². The van der Waals surface area contributed by atoms with Crippen molar-refractivity contribution in [3.63, 3.8) is 0 Å². The first-order valence-corrected chi connectivity index (χ1v) is 5.94. The van der Waals surface area contributed by atoms with Gasteiger partial charge in [-0.1, -0.05) is 5.16 Å². The molecule has 0 atom stereocenters. The van der Waals surface area contributed by atoms with Crippen LogP contribution in [-0.4, -0.2) is 45.3 Å². The molecule has 0 spiro atoms. The number of aliphatic hydroxyl groups is 1. The van der Waals surface area contributed by atoms with Crippen LogP contribution in [0.1, 0.15) is 25.0 Å². The van der Waals surface area contributed by atoms with Gasteiger partial charge in [0.1, 0.15) is 0 Å². The first-order chi connectivity index (χ1) is 8.77. The van der Waals surface area contributed by atoms with E-state index in [2.05, 4.69) is 15.1 Å². The van der Waals surface area contributed by atoms with Crippen molar-refractivity contribution in [1.82, 2.24) is 9.97 Å². The van der Waals surface area contributed by atoms with Gasteiger partial charge in [0.15, 0.2) is 17.3 Å². The second kappa shape index (κ2) is 5.63. The highest BCUT2D eigenvalue weighted by molar-refractivity contribution is 5.99. The minimum absolute atomic E-state index is 0.0304. The molecular formula is C11H17N5O2. The van der Waals surface area contributed by atoms with Gasteiger partial charge in [0.05, 0.1) is 6.61 Å². The summed E-state index contributed by atoms with van der Waals surface area (Å²) in [6, 6.07) is 0.346. The molecule has 0 unspecified atom stereocenters. The molecule has 1 aromatic rings. The molecule has 7 heteroatoms. The number of nitrogens with two attached hydrogens (primary N) is 1. The largest absolute Gasteiger partial charge is 0.409 e. The Bertz CT molecular complexity index is 433. The second-order valence-electron chi connectivity index (χ2n) is 4.22. The van der Waals surface area contributed by atoms with E-state index in [-0.39, 0.29) is 12.4 Å². The first kappa shape index (κ1) is 12.6. The van der Waals surface area contributed by atoms with Crippen molar-refractivity contribution >= 4 is 11.7 Å². The fourth-order valence-electron chi connectivity index (χ4n) is 2.04. The Morgan fingerprint density at radius 2 is 2.17 bits per heavy atom. The smallest absolute Gasteiger partial charge is 0.192 e. The highest BCUT2D eigenvalue weighted by Crippen LogP contribution is 2.29. The van der Waals surface area contributed by atoms with Crippen molar-refractivity contribution in [2.75, 3.05) is 18.1 Å². The maximum atomic E-state index is 9.15. The molecule has 0 saturated heterocycles. The molecule has 0 aliphatic heterocycles. The highest BCUT2D eigenvalue weighted by atomic mass is 16.4. The van der Waals surface area contributed by atoms with E-state index in [9.17, 15) is 0 Å². The van der Waals surface area contributed by atoms with Gasteiger partial charge in [0, 0.05) is 25.0 Å². The lowest BCUT2D eigenvalue weighted by atomic mass is 9.91. The quantitative estimate of drug-likeness (QED) is 0.292. The van der Waals surface area contributed by atoms with E-state index in [0.717, 1.165) is 12.8 Å². The van der Waals surface area contributed by atoms with E-state index in [0.29, 0.717) is 24.1 Å². The van der Waals surface area contributed by atoms with Gasteiger partial charge < -0.3 is 20.9 Å². The maximum Gasteiger partial charge on any atom is 0.192 e. The van der Waals surface area contributed by atoms with Gasteiger partial charge in [0.25, 0.3) is 0 Å². The Hall–Kier alpha value is -1.89. The fourth-order valence-corrected chi connectivity index (χ4v) is 2.04. The standard InChI is InChI=1S/C11H17N5O2/c12-10(15-18)9-11(14-5-4-13-9)16(6-7-17)8-2-1-3-8/h4-5,8,17-18H,1-3,6-7H2,(H2,12,15). The number of nitrogens with zero attached hydrogens (tertiary/aromatic N) is 4. The van der Waals surface area contributed by atoms with Gasteiger partial charge in [-0.25, -0.2) is 9.97 Å². The van der Waals surface area contributed by atoms with Crippen LogP contribution in [0.4, 0.5) is 5.82 Å². The Balaban J connectivity index is 2.34. The molecule has 18 heavy (non-hydrogen) atoms. The van der Waals surface area contributed by atoms with Crippen molar-refractivity contribution < 1.29 is 10.3 Å². The maximum absolute atomic E-state index is 9.15. The Morgan fingerprint density at radius 3 is 2.72 bits per heavy atom. The molecule has 98 valence electrons. The third-order valence-corrected chi connectivity index (χ3v) is 3.16. The lowest BCUT2D eigenvalue weighted by Gasteiger charge is -2.38. The van der Waals surface area contributed by atoms with Crippen molar-refractivity contribution in [2.45, 2.75) is 25.3 Å². The molecule has 0 amide bonds. The third-order valence-electron chi connectivity index (χ3n) is 3.16. The SMILES string of the molecule is NC(=NO)c1nccnc1N(CCO)C1CCC1. The zero-order chi connectivity index (χ0) is 13.0. The second-order valence-corrected chi connectivity index (χ2v) is 4.22. The van der Waals surface area contributed by atoms with Gasteiger partial charge in [-0.15, -0.1) is 0 Å². The number of aromatic nitrogens is 2. The summed E-state index contributed by atoms with van der Waals surface area (Å²) in [5.41, 5.74) is 5.94. The zero-order valence-corrected chi connectivity index (χ0v) is 10.0. The molecule has 7 nitrogen and oxygen atoms in total. The molecule has 0 radical (unpaired) electrons. The minimum atomic E-state index is -0.0691. The summed E-state index contributed by atoms with van der Waals surface area (Å²) >= 11 is 0. The number of hydrogen-bond acceptors (Lipinski definition) is 6. The predicted octanol–water partition coefficient (Wildman–Crippen LogP) is -0.0777. The fraction of sp³-hybridized carbons (Fsp3) is 0.545. The van der Waals surface area contributed by atoms with E-state index in [1.165, 1.54) is 12.6 Å². The van der Waals surface area contributed by atoms with Crippen molar-refractivity contribution in [3.05, 3.63) is 18.1 Å². The first-order valence-electron chi connectivity index (χ1n) is 5.94. The highest BCUT2D eigenvalue weighted by Gasteiger charge is 2.28. The summed E-state index contributed by atoms with van der Waals surface area (Å²) < 4.78 is 0. The summed E-state index contributed by atoms with van der Waals surface area (Å²) in [6.45, 7) is 0.498. The monoisotopic (exact) mass is 251 g/mol. The van der Waals surface area contributed by atoms with Crippen LogP contribution in [0.25, 0.3) is 0 Å².